The van der Waals surface area contributed by atoms with Crippen LogP contribution in [-0.4, -0.2) is 30.0 Å². The van der Waals surface area contributed by atoms with Gasteiger partial charge in [-0.25, -0.2) is 0 Å². The summed E-state index contributed by atoms with van der Waals surface area (Å²) < 4.78 is 57.5. The van der Waals surface area contributed by atoms with E-state index in [0.29, 0.717) is 0 Å². The lowest BCUT2D eigenvalue weighted by atomic mass is 11.0. The van der Waals surface area contributed by atoms with Crippen molar-refractivity contribution in [2.45, 2.75) is 19.4 Å². The smallest absolute Gasteiger partial charge is 0.279 e. The lowest BCUT2D eigenvalue weighted by Gasteiger charge is -1.97. The van der Waals surface area contributed by atoms with Gasteiger partial charge in [-0.3, -0.25) is 4.55 Å². The molecule has 0 atom stereocenters. The molecule has 0 aromatic rings. The van der Waals surface area contributed by atoms with Gasteiger partial charge < -0.3 is 0 Å². The van der Waals surface area contributed by atoms with E-state index in [2.05, 4.69) is 13.8 Å². The largest absolute Gasteiger partial charge is 0.522 e. The maximum absolute atomic E-state index is 10.7. The second-order valence-corrected chi connectivity index (χ2v) is 4.68. The minimum atomic E-state index is -5.84. The van der Waals surface area contributed by atoms with E-state index < -0.39 is 15.6 Å². The summed E-state index contributed by atoms with van der Waals surface area (Å²) in [6.07, 6.45) is 0. The quantitative estimate of drug-likeness (QED) is 0.593. The van der Waals surface area contributed by atoms with E-state index >= 15 is 0 Å². The van der Waals surface area contributed by atoms with Crippen molar-refractivity contribution in [3.8, 4) is 0 Å². The summed E-state index contributed by atoms with van der Waals surface area (Å²) in [7, 11) is -5.84. The minimum Gasteiger partial charge on any atom is -0.279 e. The van der Waals surface area contributed by atoms with Crippen LogP contribution in [0.1, 0.15) is 13.8 Å². The Morgan fingerprint density at radius 3 is 1.46 bits per heavy atom. The van der Waals surface area contributed by atoms with Crippen molar-refractivity contribution in [3.63, 3.8) is 0 Å². The number of rotatable bonds is 2. The second kappa shape index (κ2) is 6.50. The third-order valence-corrected chi connectivity index (χ3v) is 2.10. The summed E-state index contributed by atoms with van der Waals surface area (Å²) in [5.41, 5.74) is -5.53. The SMILES string of the molecule is CCSCC.O=S(=O)(O)C(F)(F)F. The monoisotopic (exact) mass is 240 g/mol. The van der Waals surface area contributed by atoms with Crippen molar-refractivity contribution in [1.82, 2.24) is 0 Å². The molecule has 0 aliphatic rings. The molecule has 0 rings (SSSR count). The van der Waals surface area contributed by atoms with Gasteiger partial charge in [0.25, 0.3) is 0 Å². The van der Waals surface area contributed by atoms with Crippen LogP contribution in [0.4, 0.5) is 13.2 Å². The highest BCUT2D eigenvalue weighted by molar-refractivity contribution is 7.99. The normalized spacial score (nSPS) is 11.8. The van der Waals surface area contributed by atoms with Crippen molar-refractivity contribution in [2.24, 2.45) is 0 Å². The van der Waals surface area contributed by atoms with Gasteiger partial charge in [0.2, 0.25) is 0 Å². The number of alkyl halides is 3. The van der Waals surface area contributed by atoms with Gasteiger partial charge in [-0.15, -0.1) is 0 Å². The van der Waals surface area contributed by atoms with Crippen molar-refractivity contribution in [2.75, 3.05) is 11.5 Å². The summed E-state index contributed by atoms with van der Waals surface area (Å²) >= 11 is 1.96. The molecule has 0 fully saturated rings. The fourth-order valence-electron chi connectivity index (χ4n) is 0.204. The van der Waals surface area contributed by atoms with Crippen LogP contribution in [-0.2, 0) is 10.1 Å². The zero-order chi connectivity index (χ0) is 11.1. The van der Waals surface area contributed by atoms with E-state index in [1.807, 2.05) is 11.8 Å². The lowest BCUT2D eigenvalue weighted by molar-refractivity contribution is -0.0510. The third-order valence-electron chi connectivity index (χ3n) is 0.701. The Morgan fingerprint density at radius 2 is 1.46 bits per heavy atom. The van der Waals surface area contributed by atoms with Crippen LogP contribution in [0.25, 0.3) is 0 Å². The van der Waals surface area contributed by atoms with E-state index in [0.717, 1.165) is 0 Å². The van der Waals surface area contributed by atoms with Crippen LogP contribution in [0.5, 0.6) is 0 Å². The number of hydrogen-bond donors (Lipinski definition) is 1. The summed E-state index contributed by atoms with van der Waals surface area (Å²) in [5, 5.41) is 0. The molecule has 8 heteroatoms. The van der Waals surface area contributed by atoms with Crippen LogP contribution >= 0.6 is 11.8 Å². The molecule has 1 N–H and O–H groups in total. The molecule has 3 nitrogen and oxygen atoms in total. The van der Waals surface area contributed by atoms with Gasteiger partial charge in [-0.05, 0) is 11.5 Å². The molecule has 0 amide bonds. The Hall–Kier alpha value is 0.0500. The van der Waals surface area contributed by atoms with Gasteiger partial charge in [0.1, 0.15) is 0 Å². The minimum absolute atomic E-state index is 1.26. The van der Waals surface area contributed by atoms with E-state index in [-0.39, 0.29) is 0 Å². The zero-order valence-electron chi connectivity index (χ0n) is 7.13. The number of hydrogen-bond acceptors (Lipinski definition) is 3. The molecule has 82 valence electrons. The van der Waals surface area contributed by atoms with Gasteiger partial charge in [-0.2, -0.15) is 33.4 Å². The Balaban J connectivity index is 0. The summed E-state index contributed by atoms with van der Waals surface area (Å²) in [6, 6.07) is 0. The molecule has 0 heterocycles. The molecule has 0 saturated carbocycles. The lowest BCUT2D eigenvalue weighted by Crippen LogP contribution is -2.21. The van der Waals surface area contributed by atoms with Crippen LogP contribution in [0, 0.1) is 0 Å². The Bertz CT molecular complexity index is 208. The molecule has 0 aliphatic carbocycles. The molecule has 0 spiro atoms. The van der Waals surface area contributed by atoms with Crippen molar-refractivity contribution in [1.29, 1.82) is 0 Å². The van der Waals surface area contributed by atoms with Crippen molar-refractivity contribution < 1.29 is 26.1 Å². The average Bonchev–Trinajstić information content (AvgIpc) is 1.85. The van der Waals surface area contributed by atoms with Crippen molar-refractivity contribution >= 4 is 21.9 Å². The van der Waals surface area contributed by atoms with E-state index in [9.17, 15) is 13.2 Å². The van der Waals surface area contributed by atoms with Crippen LogP contribution in [0.15, 0.2) is 0 Å². The highest BCUT2D eigenvalue weighted by Crippen LogP contribution is 2.20. The van der Waals surface area contributed by atoms with Gasteiger partial charge in [-0.1, -0.05) is 13.8 Å². The molecule has 0 saturated heterocycles. The molecule has 0 radical (unpaired) electrons. The predicted molar refractivity (Wildman–Crippen MR) is 46.3 cm³/mol. The molecule has 13 heavy (non-hydrogen) atoms. The van der Waals surface area contributed by atoms with E-state index in [1.165, 1.54) is 11.5 Å². The molecule has 0 aromatic heterocycles. The first-order chi connectivity index (χ1) is 5.66. The van der Waals surface area contributed by atoms with Gasteiger partial charge in [0, 0.05) is 0 Å². The molecule has 0 bridgehead atoms. The fraction of sp³-hybridized carbons (Fsp3) is 1.00. The first-order valence-corrected chi connectivity index (χ1v) is 5.87. The van der Waals surface area contributed by atoms with Crippen molar-refractivity contribution in [3.05, 3.63) is 0 Å². The summed E-state index contributed by atoms with van der Waals surface area (Å²) in [6.45, 7) is 4.35. The number of thioether (sulfide) groups is 1. The maximum Gasteiger partial charge on any atom is 0.522 e. The van der Waals surface area contributed by atoms with Crippen LogP contribution < -0.4 is 0 Å². The highest BCUT2D eigenvalue weighted by Gasteiger charge is 2.44. The average molecular weight is 240 g/mol. The molecule has 0 aromatic carbocycles. The fourth-order valence-corrected chi connectivity index (χ4v) is 0.612. The predicted octanol–water partition coefficient (Wildman–Crippen LogP) is 2.15. The Labute approximate surface area is 79.5 Å². The molecular formula is C5H11F3O3S2. The van der Waals surface area contributed by atoms with Gasteiger partial charge in [0.15, 0.2) is 0 Å². The molecule has 0 unspecified atom stereocenters. The Morgan fingerprint density at radius 1 is 1.23 bits per heavy atom. The van der Waals surface area contributed by atoms with Crippen LogP contribution in [0.2, 0.25) is 0 Å². The first kappa shape index (κ1) is 15.5. The molecule has 0 aliphatic heterocycles. The first-order valence-electron chi connectivity index (χ1n) is 3.28. The van der Waals surface area contributed by atoms with E-state index in [1.54, 1.807) is 0 Å². The highest BCUT2D eigenvalue weighted by atomic mass is 32.2. The maximum atomic E-state index is 10.7. The second-order valence-electron chi connectivity index (χ2n) is 1.70. The van der Waals surface area contributed by atoms with Crippen LogP contribution in [0.3, 0.4) is 0 Å². The van der Waals surface area contributed by atoms with Gasteiger partial charge in [0.05, 0.1) is 0 Å². The Kier molecular flexibility index (Phi) is 7.75. The molecular weight excluding hydrogens is 229 g/mol. The zero-order valence-corrected chi connectivity index (χ0v) is 8.76. The topological polar surface area (TPSA) is 54.4 Å². The van der Waals surface area contributed by atoms with E-state index in [4.69, 9.17) is 13.0 Å². The van der Waals surface area contributed by atoms with Gasteiger partial charge >= 0.3 is 15.6 Å². The summed E-state index contributed by atoms with van der Waals surface area (Å²) in [5.74, 6) is 2.52. The third kappa shape index (κ3) is 9.97. The number of halogens is 3. The summed E-state index contributed by atoms with van der Waals surface area (Å²) in [4.78, 5) is 0. The standard InChI is InChI=1S/C4H10S.CHF3O3S/c1-3-5-4-2;2-1(3,4)8(5,6)7/h3-4H2,1-2H3;(H,5,6,7).